The van der Waals surface area contributed by atoms with E-state index >= 15 is 0 Å². The standard InChI is InChI=1S/C15H9FN4O/c16-10-5-6-12(9(7-10)8-17)18-15(21)14-11-3-1-2-4-13(11)19-20-14/h1-7H,(H,18,21)(H,19,20). The molecule has 1 heterocycles. The summed E-state index contributed by atoms with van der Waals surface area (Å²) in [5.41, 5.74) is 1.26. The van der Waals surface area contributed by atoms with Crippen molar-refractivity contribution in [3.63, 3.8) is 0 Å². The maximum absolute atomic E-state index is 13.1. The van der Waals surface area contributed by atoms with Crippen LogP contribution in [0, 0.1) is 17.1 Å². The van der Waals surface area contributed by atoms with Crippen LogP contribution in [0.2, 0.25) is 0 Å². The van der Waals surface area contributed by atoms with Crippen molar-refractivity contribution in [3.8, 4) is 6.07 Å². The zero-order chi connectivity index (χ0) is 14.8. The number of aromatic amines is 1. The molecule has 2 aromatic carbocycles. The molecule has 0 fully saturated rings. The second-order valence-electron chi connectivity index (χ2n) is 4.37. The van der Waals surface area contributed by atoms with Crippen LogP contribution >= 0.6 is 0 Å². The first-order valence-corrected chi connectivity index (χ1v) is 6.13. The van der Waals surface area contributed by atoms with E-state index in [1.165, 1.54) is 12.1 Å². The lowest BCUT2D eigenvalue weighted by molar-refractivity contribution is 0.102. The molecule has 6 heteroatoms. The van der Waals surface area contributed by atoms with Crippen molar-refractivity contribution < 1.29 is 9.18 Å². The van der Waals surface area contributed by atoms with Crippen LogP contribution in [0.1, 0.15) is 16.1 Å². The number of anilines is 1. The number of rotatable bonds is 2. The summed E-state index contributed by atoms with van der Waals surface area (Å²) in [4.78, 5) is 12.2. The molecule has 0 spiro atoms. The summed E-state index contributed by atoms with van der Waals surface area (Å²) in [6, 6.07) is 12.6. The summed E-state index contributed by atoms with van der Waals surface area (Å²) in [6.45, 7) is 0. The van der Waals surface area contributed by atoms with Crippen molar-refractivity contribution in [2.75, 3.05) is 5.32 Å². The number of para-hydroxylation sites is 1. The second-order valence-corrected chi connectivity index (χ2v) is 4.37. The maximum atomic E-state index is 13.1. The monoisotopic (exact) mass is 280 g/mol. The first-order valence-electron chi connectivity index (χ1n) is 6.13. The SMILES string of the molecule is N#Cc1cc(F)ccc1NC(=O)c1n[nH]c2ccccc12. The Balaban J connectivity index is 1.96. The molecule has 0 unspecified atom stereocenters. The molecule has 2 N–H and O–H groups in total. The van der Waals surface area contributed by atoms with Crippen LogP contribution in [0.25, 0.3) is 10.9 Å². The predicted molar refractivity (Wildman–Crippen MR) is 75.2 cm³/mol. The second kappa shape index (κ2) is 5.06. The van der Waals surface area contributed by atoms with Crippen LogP contribution in [0.3, 0.4) is 0 Å². The third-order valence-electron chi connectivity index (χ3n) is 3.04. The van der Waals surface area contributed by atoms with E-state index in [1.807, 2.05) is 12.1 Å². The fourth-order valence-electron chi connectivity index (χ4n) is 2.04. The third kappa shape index (κ3) is 2.32. The van der Waals surface area contributed by atoms with Crippen molar-refractivity contribution in [1.82, 2.24) is 10.2 Å². The zero-order valence-corrected chi connectivity index (χ0v) is 10.7. The van der Waals surface area contributed by atoms with Crippen molar-refractivity contribution >= 4 is 22.5 Å². The first-order chi connectivity index (χ1) is 10.2. The fraction of sp³-hybridized carbons (Fsp3) is 0. The molecule has 0 saturated carbocycles. The number of hydrogen-bond donors (Lipinski definition) is 2. The Kier molecular flexibility index (Phi) is 3.09. The van der Waals surface area contributed by atoms with Crippen molar-refractivity contribution in [2.24, 2.45) is 0 Å². The van der Waals surface area contributed by atoms with Gasteiger partial charge in [0, 0.05) is 5.39 Å². The van der Waals surface area contributed by atoms with Crippen LogP contribution in [-0.4, -0.2) is 16.1 Å². The lowest BCUT2D eigenvalue weighted by Crippen LogP contribution is -2.13. The van der Waals surface area contributed by atoms with Gasteiger partial charge in [-0.3, -0.25) is 9.89 Å². The van der Waals surface area contributed by atoms with E-state index in [-0.39, 0.29) is 16.9 Å². The molecule has 1 aromatic heterocycles. The average Bonchev–Trinajstić information content (AvgIpc) is 2.93. The van der Waals surface area contributed by atoms with Crippen LogP contribution in [-0.2, 0) is 0 Å². The predicted octanol–water partition coefficient (Wildman–Crippen LogP) is 2.83. The molecular weight excluding hydrogens is 271 g/mol. The minimum absolute atomic E-state index is 0.0585. The molecule has 21 heavy (non-hydrogen) atoms. The van der Waals surface area contributed by atoms with E-state index < -0.39 is 11.7 Å². The summed E-state index contributed by atoms with van der Waals surface area (Å²) in [6.07, 6.45) is 0. The third-order valence-corrected chi connectivity index (χ3v) is 3.04. The van der Waals surface area contributed by atoms with Crippen molar-refractivity contribution in [2.45, 2.75) is 0 Å². The molecule has 0 bridgehead atoms. The highest BCUT2D eigenvalue weighted by atomic mass is 19.1. The van der Waals surface area contributed by atoms with Gasteiger partial charge in [-0.2, -0.15) is 10.4 Å². The molecular formula is C15H9FN4O. The van der Waals surface area contributed by atoms with Gasteiger partial charge in [-0.15, -0.1) is 0 Å². The van der Waals surface area contributed by atoms with Crippen molar-refractivity contribution in [1.29, 1.82) is 5.26 Å². The van der Waals surface area contributed by atoms with Gasteiger partial charge in [-0.1, -0.05) is 18.2 Å². The zero-order valence-electron chi connectivity index (χ0n) is 10.7. The van der Waals surface area contributed by atoms with Gasteiger partial charge >= 0.3 is 0 Å². The van der Waals surface area contributed by atoms with Crippen LogP contribution < -0.4 is 5.32 Å². The quantitative estimate of drug-likeness (QED) is 0.757. The Morgan fingerprint density at radius 1 is 1.29 bits per heavy atom. The number of nitrogens with zero attached hydrogens (tertiary/aromatic N) is 2. The highest BCUT2D eigenvalue weighted by Crippen LogP contribution is 2.19. The Morgan fingerprint density at radius 3 is 2.90 bits per heavy atom. The summed E-state index contributed by atoms with van der Waals surface area (Å²) in [7, 11) is 0. The average molecular weight is 280 g/mol. The minimum Gasteiger partial charge on any atom is -0.319 e. The molecule has 0 saturated heterocycles. The topological polar surface area (TPSA) is 81.6 Å². The number of aromatic nitrogens is 2. The van der Waals surface area contributed by atoms with Gasteiger partial charge in [0.05, 0.1) is 16.8 Å². The number of hydrogen-bond acceptors (Lipinski definition) is 3. The van der Waals surface area contributed by atoms with E-state index in [1.54, 1.807) is 18.2 Å². The molecule has 3 rings (SSSR count). The largest absolute Gasteiger partial charge is 0.319 e. The number of nitriles is 1. The van der Waals surface area contributed by atoms with E-state index in [9.17, 15) is 9.18 Å². The molecule has 1 amide bonds. The number of carbonyl (C=O) groups is 1. The number of H-pyrrole nitrogens is 1. The van der Waals surface area contributed by atoms with Crippen molar-refractivity contribution in [3.05, 3.63) is 59.5 Å². The summed E-state index contributed by atoms with van der Waals surface area (Å²) >= 11 is 0. The number of nitrogens with one attached hydrogen (secondary N) is 2. The van der Waals surface area contributed by atoms with Gasteiger partial charge in [-0.05, 0) is 24.3 Å². The molecule has 0 atom stereocenters. The molecule has 0 aliphatic rings. The summed E-state index contributed by atoms with van der Waals surface area (Å²) in [5.74, 6) is -0.995. The van der Waals surface area contributed by atoms with Gasteiger partial charge < -0.3 is 5.32 Å². The summed E-state index contributed by atoms with van der Waals surface area (Å²) in [5, 5.41) is 18.9. The fourth-order valence-corrected chi connectivity index (χ4v) is 2.04. The van der Waals surface area contributed by atoms with Crippen LogP contribution in [0.4, 0.5) is 10.1 Å². The van der Waals surface area contributed by atoms with Gasteiger partial charge in [0.15, 0.2) is 5.69 Å². The highest BCUT2D eigenvalue weighted by Gasteiger charge is 2.15. The molecule has 3 aromatic rings. The number of benzene rings is 2. The van der Waals surface area contributed by atoms with E-state index in [0.717, 1.165) is 11.6 Å². The van der Waals surface area contributed by atoms with E-state index in [4.69, 9.17) is 5.26 Å². The number of amides is 1. The van der Waals surface area contributed by atoms with Crippen LogP contribution in [0.5, 0.6) is 0 Å². The molecule has 5 nitrogen and oxygen atoms in total. The van der Waals surface area contributed by atoms with Gasteiger partial charge in [0.25, 0.3) is 5.91 Å². The van der Waals surface area contributed by atoms with Gasteiger partial charge in [0.1, 0.15) is 11.9 Å². The first kappa shape index (κ1) is 12.8. The lowest BCUT2D eigenvalue weighted by atomic mass is 10.1. The lowest BCUT2D eigenvalue weighted by Gasteiger charge is -2.05. The Labute approximate surface area is 119 Å². The number of carbonyl (C=O) groups excluding carboxylic acids is 1. The smallest absolute Gasteiger partial charge is 0.276 e. The minimum atomic E-state index is -0.533. The Bertz CT molecular complexity index is 879. The van der Waals surface area contributed by atoms with Gasteiger partial charge in [0.2, 0.25) is 0 Å². The molecule has 102 valence electrons. The van der Waals surface area contributed by atoms with Crippen LogP contribution in [0.15, 0.2) is 42.5 Å². The Hall–Kier alpha value is -3.20. The Morgan fingerprint density at radius 2 is 2.10 bits per heavy atom. The number of halogens is 1. The molecule has 0 aliphatic heterocycles. The van der Waals surface area contributed by atoms with E-state index in [2.05, 4.69) is 15.5 Å². The summed E-state index contributed by atoms with van der Waals surface area (Å²) < 4.78 is 13.1. The maximum Gasteiger partial charge on any atom is 0.276 e. The van der Waals surface area contributed by atoms with E-state index in [0.29, 0.717) is 5.39 Å². The highest BCUT2D eigenvalue weighted by molar-refractivity contribution is 6.11. The normalized spacial score (nSPS) is 10.3. The molecule has 0 aliphatic carbocycles. The van der Waals surface area contributed by atoms with Gasteiger partial charge in [-0.25, -0.2) is 4.39 Å². The number of fused-ring (bicyclic) bond motifs is 1. The molecule has 0 radical (unpaired) electrons.